The first-order valence-electron chi connectivity index (χ1n) is 9.38. The Hall–Kier alpha value is -1.39. The number of anilines is 1. The number of hydrogen-bond donors (Lipinski definition) is 3. The van der Waals surface area contributed by atoms with Crippen molar-refractivity contribution in [1.82, 2.24) is 10.2 Å². The molecule has 2 aromatic rings. The topological polar surface area (TPSA) is 91.7 Å². The Bertz CT molecular complexity index is 854. The van der Waals surface area contributed by atoms with Crippen LogP contribution in [0.5, 0.6) is 0 Å². The first-order valence-corrected chi connectivity index (χ1v) is 10.9. The van der Waals surface area contributed by atoms with Gasteiger partial charge in [-0.3, -0.25) is 4.79 Å². The summed E-state index contributed by atoms with van der Waals surface area (Å²) in [5.41, 5.74) is 6.15. The number of rotatable bonds is 6. The minimum atomic E-state index is -1.45. The molecule has 0 aliphatic carbocycles. The molecule has 1 saturated heterocycles. The molecule has 2 heterocycles. The van der Waals surface area contributed by atoms with E-state index in [9.17, 15) is 9.90 Å². The molecule has 154 valence electrons. The number of β-amino-alcohol motifs (C(OH)–C–C–N with tert-alkyl or cyclic N) is 1. The molecule has 1 aliphatic rings. The minimum absolute atomic E-state index is 0.0473. The lowest BCUT2D eigenvalue weighted by Crippen LogP contribution is -2.50. The number of alkyl halides is 2. The van der Waals surface area contributed by atoms with E-state index in [1.807, 2.05) is 0 Å². The Morgan fingerprint density at radius 3 is 2.75 bits per heavy atom. The van der Waals surface area contributed by atoms with Crippen LogP contribution in [-0.2, 0) is 4.43 Å². The molecule has 0 atom stereocenters. The molecule has 8 heteroatoms. The molecule has 28 heavy (non-hydrogen) atoms. The van der Waals surface area contributed by atoms with Crippen LogP contribution in [-0.4, -0.2) is 53.4 Å². The van der Waals surface area contributed by atoms with Crippen molar-refractivity contribution >= 4 is 45.2 Å². The minimum Gasteiger partial charge on any atom is -0.463 e. The number of nitrogens with two attached hydrogens (primary N) is 1. The van der Waals surface area contributed by atoms with E-state index in [0.717, 1.165) is 5.56 Å². The fourth-order valence-electron chi connectivity index (χ4n) is 3.67. The van der Waals surface area contributed by atoms with Gasteiger partial charge in [-0.1, -0.05) is 22.6 Å². The van der Waals surface area contributed by atoms with E-state index in [1.54, 1.807) is 26.0 Å². The molecule has 1 amide bonds. The zero-order valence-corrected chi connectivity index (χ0v) is 18.4. The third-order valence-electron chi connectivity index (χ3n) is 5.18. The summed E-state index contributed by atoms with van der Waals surface area (Å²) in [5.74, 6) is -0.359. The molecule has 1 fully saturated rings. The number of piperidine rings is 1. The van der Waals surface area contributed by atoms with Crippen molar-refractivity contribution in [2.45, 2.75) is 42.4 Å². The van der Waals surface area contributed by atoms with Crippen molar-refractivity contribution in [3.8, 4) is 0 Å². The van der Waals surface area contributed by atoms with Gasteiger partial charge < -0.3 is 25.5 Å². The molecule has 0 unspecified atom stereocenters. The van der Waals surface area contributed by atoms with Crippen LogP contribution < -0.4 is 11.1 Å². The summed E-state index contributed by atoms with van der Waals surface area (Å²) in [6.07, 6.45) is 2.14. The second kappa shape index (κ2) is 8.16. The number of fused-ring (bicyclic) bond motifs is 1. The van der Waals surface area contributed by atoms with E-state index in [2.05, 4.69) is 32.8 Å². The van der Waals surface area contributed by atoms with Gasteiger partial charge in [0.2, 0.25) is 0 Å². The lowest BCUT2D eigenvalue weighted by atomic mass is 9.92. The van der Waals surface area contributed by atoms with Gasteiger partial charge in [0.1, 0.15) is 11.3 Å². The standard InChI is InChI=1S/C20H27FIN3O3/c1-19(2,27)12-25-6-4-20(21,5-7-25)11-24-18(26)15-9-13(10-22)16(23)14-3-8-28-17(14)15/h3,8-9,27H,4-7,10-12,23H2,1-2H3,(H,24,26). The van der Waals surface area contributed by atoms with Crippen molar-refractivity contribution < 1.29 is 18.7 Å². The van der Waals surface area contributed by atoms with E-state index in [1.165, 1.54) is 6.26 Å². The molecule has 0 spiro atoms. The van der Waals surface area contributed by atoms with E-state index >= 15 is 4.39 Å². The predicted octanol–water partition coefficient (Wildman–Crippen LogP) is 3.25. The monoisotopic (exact) mass is 503 g/mol. The van der Waals surface area contributed by atoms with Crippen LogP contribution in [0.2, 0.25) is 0 Å². The number of amides is 1. The number of hydrogen-bond acceptors (Lipinski definition) is 5. The number of nitrogens with zero attached hydrogens (tertiary/aromatic N) is 1. The maximum atomic E-state index is 15.2. The van der Waals surface area contributed by atoms with Crippen LogP contribution >= 0.6 is 22.6 Å². The molecule has 0 saturated carbocycles. The number of carbonyl (C=O) groups excluding carboxylic acids is 1. The number of carbonyl (C=O) groups is 1. The van der Waals surface area contributed by atoms with Crippen LogP contribution in [0.1, 0.15) is 42.6 Å². The first kappa shape index (κ1) is 21.3. The van der Waals surface area contributed by atoms with Crippen LogP contribution in [0.15, 0.2) is 22.8 Å². The van der Waals surface area contributed by atoms with Gasteiger partial charge in [0.25, 0.3) is 5.91 Å². The van der Waals surface area contributed by atoms with Crippen molar-refractivity contribution in [2.75, 3.05) is 31.9 Å². The summed E-state index contributed by atoms with van der Waals surface area (Å²) < 4.78 is 21.3. The van der Waals surface area contributed by atoms with E-state index in [0.29, 0.717) is 59.1 Å². The Balaban J connectivity index is 1.66. The highest BCUT2D eigenvalue weighted by Gasteiger charge is 2.36. The third-order valence-corrected chi connectivity index (χ3v) is 6.00. The van der Waals surface area contributed by atoms with E-state index < -0.39 is 11.3 Å². The van der Waals surface area contributed by atoms with E-state index in [-0.39, 0.29) is 12.5 Å². The molecule has 6 nitrogen and oxygen atoms in total. The predicted molar refractivity (Wildman–Crippen MR) is 116 cm³/mol. The summed E-state index contributed by atoms with van der Waals surface area (Å²) in [4.78, 5) is 14.8. The summed E-state index contributed by atoms with van der Waals surface area (Å²) in [7, 11) is 0. The lowest BCUT2D eigenvalue weighted by Gasteiger charge is -2.38. The summed E-state index contributed by atoms with van der Waals surface area (Å²) in [6.45, 7) is 5.07. The average Bonchev–Trinajstić information content (AvgIpc) is 3.12. The van der Waals surface area contributed by atoms with Gasteiger partial charge in [-0.15, -0.1) is 0 Å². The third kappa shape index (κ3) is 4.77. The maximum Gasteiger partial charge on any atom is 0.255 e. The first-order chi connectivity index (χ1) is 13.1. The molecule has 0 bridgehead atoms. The summed E-state index contributed by atoms with van der Waals surface area (Å²) in [6, 6.07) is 3.46. The number of aliphatic hydroxyl groups is 1. The number of nitrogen functional groups attached to an aromatic ring is 1. The zero-order valence-electron chi connectivity index (χ0n) is 16.2. The highest BCUT2D eigenvalue weighted by molar-refractivity contribution is 14.1. The number of halogens is 2. The van der Waals surface area contributed by atoms with Gasteiger partial charge in [0.15, 0.2) is 0 Å². The van der Waals surface area contributed by atoms with Crippen molar-refractivity contribution in [2.24, 2.45) is 0 Å². The Morgan fingerprint density at radius 2 is 2.14 bits per heavy atom. The average molecular weight is 503 g/mol. The number of nitrogens with one attached hydrogen (secondary N) is 1. The van der Waals surface area contributed by atoms with Gasteiger partial charge in [-0.2, -0.15) is 0 Å². The normalized spacial score (nSPS) is 17.8. The van der Waals surface area contributed by atoms with Crippen LogP contribution in [0, 0.1) is 0 Å². The second-order valence-corrected chi connectivity index (χ2v) is 8.98. The Labute approximate surface area is 177 Å². The fraction of sp³-hybridized carbons (Fsp3) is 0.550. The quantitative estimate of drug-likeness (QED) is 0.320. The van der Waals surface area contributed by atoms with Crippen LogP contribution in [0.4, 0.5) is 10.1 Å². The summed E-state index contributed by atoms with van der Waals surface area (Å²) in [5, 5.41) is 13.4. The van der Waals surface area contributed by atoms with Gasteiger partial charge in [0, 0.05) is 35.1 Å². The van der Waals surface area contributed by atoms with Gasteiger partial charge in [-0.05, 0) is 44.4 Å². The van der Waals surface area contributed by atoms with Crippen LogP contribution in [0.3, 0.4) is 0 Å². The molecule has 0 radical (unpaired) electrons. The van der Waals surface area contributed by atoms with Crippen LogP contribution in [0.25, 0.3) is 11.0 Å². The highest BCUT2D eigenvalue weighted by Crippen LogP contribution is 2.31. The Kier molecular flexibility index (Phi) is 6.21. The number of likely N-dealkylation sites (tertiary alicyclic amines) is 1. The second-order valence-electron chi connectivity index (χ2n) is 8.22. The van der Waals surface area contributed by atoms with Gasteiger partial charge in [-0.25, -0.2) is 4.39 Å². The zero-order chi connectivity index (χ0) is 20.5. The molecular formula is C20H27FIN3O3. The Morgan fingerprint density at radius 1 is 1.46 bits per heavy atom. The fourth-order valence-corrected chi connectivity index (χ4v) is 4.30. The summed E-state index contributed by atoms with van der Waals surface area (Å²) >= 11 is 2.19. The molecule has 1 aromatic carbocycles. The van der Waals surface area contributed by atoms with Crippen molar-refractivity contribution in [3.05, 3.63) is 29.5 Å². The van der Waals surface area contributed by atoms with Crippen molar-refractivity contribution in [1.29, 1.82) is 0 Å². The molecule has 3 rings (SSSR count). The van der Waals surface area contributed by atoms with Crippen molar-refractivity contribution in [3.63, 3.8) is 0 Å². The number of furan rings is 1. The smallest absolute Gasteiger partial charge is 0.255 e. The SMILES string of the molecule is CC(C)(O)CN1CCC(F)(CNC(=O)c2cc(CI)c(N)c3ccoc23)CC1. The lowest BCUT2D eigenvalue weighted by molar-refractivity contribution is -0.000322. The molecule has 4 N–H and O–H groups in total. The molecular weight excluding hydrogens is 476 g/mol. The largest absolute Gasteiger partial charge is 0.463 e. The number of benzene rings is 1. The molecule has 1 aromatic heterocycles. The highest BCUT2D eigenvalue weighted by atomic mass is 127. The molecule has 1 aliphatic heterocycles. The van der Waals surface area contributed by atoms with Gasteiger partial charge >= 0.3 is 0 Å². The maximum absolute atomic E-state index is 15.2. The van der Waals surface area contributed by atoms with E-state index in [4.69, 9.17) is 10.2 Å². The van der Waals surface area contributed by atoms with Gasteiger partial charge in [0.05, 0.1) is 24.0 Å².